The van der Waals surface area contributed by atoms with Gasteiger partial charge >= 0.3 is 0 Å². The maximum Gasteiger partial charge on any atom is 0.275 e. The molecule has 1 fully saturated rings. The molecule has 9 nitrogen and oxygen atoms in total. The fourth-order valence-electron chi connectivity index (χ4n) is 3.02. The van der Waals surface area contributed by atoms with Crippen LogP contribution in [-0.4, -0.2) is 59.4 Å². The van der Waals surface area contributed by atoms with E-state index in [2.05, 4.69) is 15.5 Å². The average Bonchev–Trinajstić information content (AvgIpc) is 3.20. The first-order valence-electron chi connectivity index (χ1n) is 8.52. The Morgan fingerprint density at radius 3 is 2.67 bits per heavy atom. The number of aryl methyl sites for hydroxylation is 1. The van der Waals surface area contributed by atoms with Crippen molar-refractivity contribution >= 4 is 27.5 Å². The lowest BCUT2D eigenvalue weighted by Gasteiger charge is -2.26. The summed E-state index contributed by atoms with van der Waals surface area (Å²) in [6.45, 7) is 3.84. The molecule has 1 aliphatic heterocycles. The number of nitrogens with one attached hydrogen (secondary N) is 1. The summed E-state index contributed by atoms with van der Waals surface area (Å²) >= 11 is 0. The second-order valence-electron chi connectivity index (χ2n) is 6.33. The summed E-state index contributed by atoms with van der Waals surface area (Å²) < 4.78 is 28.3. The number of pyridine rings is 1. The minimum absolute atomic E-state index is 0.0434. The molecular formula is C17H20N4O5S. The highest BCUT2D eigenvalue weighted by Gasteiger charge is 2.34. The predicted molar refractivity (Wildman–Crippen MR) is 97.2 cm³/mol. The Morgan fingerprint density at radius 2 is 2.07 bits per heavy atom. The van der Waals surface area contributed by atoms with Gasteiger partial charge in [0.15, 0.2) is 15.7 Å². The molecule has 0 bridgehead atoms. The van der Waals surface area contributed by atoms with Gasteiger partial charge in [-0.2, -0.15) is 0 Å². The van der Waals surface area contributed by atoms with Gasteiger partial charge in [0.25, 0.3) is 11.8 Å². The molecule has 2 amide bonds. The van der Waals surface area contributed by atoms with Crippen LogP contribution in [0.2, 0.25) is 0 Å². The monoisotopic (exact) mass is 392 g/mol. The fourth-order valence-corrected chi connectivity index (χ4v) is 4.75. The molecule has 1 aliphatic rings. The second kappa shape index (κ2) is 7.47. The van der Waals surface area contributed by atoms with E-state index in [-0.39, 0.29) is 34.8 Å². The maximum atomic E-state index is 12.8. The predicted octanol–water partition coefficient (Wildman–Crippen LogP) is 1.28. The van der Waals surface area contributed by atoms with Gasteiger partial charge in [-0.3, -0.25) is 9.59 Å². The number of anilines is 1. The van der Waals surface area contributed by atoms with E-state index in [1.807, 2.05) is 0 Å². The van der Waals surface area contributed by atoms with Gasteiger partial charge in [-0.15, -0.1) is 0 Å². The van der Waals surface area contributed by atoms with Crippen molar-refractivity contribution < 1.29 is 22.5 Å². The third kappa shape index (κ3) is 4.33. The van der Waals surface area contributed by atoms with Gasteiger partial charge in [0.05, 0.1) is 11.5 Å². The number of amides is 2. The highest BCUT2D eigenvalue weighted by Crippen LogP contribution is 2.19. The Labute approximate surface area is 156 Å². The van der Waals surface area contributed by atoms with E-state index in [9.17, 15) is 18.0 Å². The quantitative estimate of drug-likeness (QED) is 0.813. The molecule has 144 valence electrons. The molecule has 0 saturated carbocycles. The molecule has 2 aromatic heterocycles. The van der Waals surface area contributed by atoms with Crippen molar-refractivity contribution in [3.63, 3.8) is 0 Å². The zero-order valence-electron chi connectivity index (χ0n) is 15.0. The zero-order chi connectivity index (χ0) is 19.6. The van der Waals surface area contributed by atoms with Crippen molar-refractivity contribution in [2.24, 2.45) is 0 Å². The van der Waals surface area contributed by atoms with E-state index in [1.54, 1.807) is 26.0 Å². The number of carbonyl (C=O) groups is 2. The number of nitrogens with zero attached hydrogens (tertiary/aromatic N) is 3. The van der Waals surface area contributed by atoms with Crippen LogP contribution >= 0.6 is 0 Å². The van der Waals surface area contributed by atoms with Crippen molar-refractivity contribution in [1.29, 1.82) is 0 Å². The molecular weight excluding hydrogens is 372 g/mol. The van der Waals surface area contributed by atoms with Crippen molar-refractivity contribution in [3.8, 4) is 0 Å². The summed E-state index contributed by atoms with van der Waals surface area (Å²) in [5.41, 5.74) is 0.140. The van der Waals surface area contributed by atoms with E-state index in [0.29, 0.717) is 18.7 Å². The van der Waals surface area contributed by atoms with Gasteiger partial charge in [-0.25, -0.2) is 13.4 Å². The Bertz CT molecular complexity index is 969. The van der Waals surface area contributed by atoms with E-state index in [0.717, 1.165) is 0 Å². The van der Waals surface area contributed by atoms with Crippen molar-refractivity contribution in [2.45, 2.75) is 26.3 Å². The van der Waals surface area contributed by atoms with Crippen LogP contribution in [0.3, 0.4) is 0 Å². The third-order valence-electron chi connectivity index (χ3n) is 4.32. The molecule has 1 unspecified atom stereocenters. The normalized spacial score (nSPS) is 18.2. The number of sulfone groups is 1. The SMILES string of the molecule is CCN(C(=O)c1cccc(C(=O)Nc2cc(C)on2)n1)C1CCS(=O)(=O)C1. The summed E-state index contributed by atoms with van der Waals surface area (Å²) in [7, 11) is -3.11. The van der Waals surface area contributed by atoms with Crippen LogP contribution in [0.5, 0.6) is 0 Å². The van der Waals surface area contributed by atoms with Gasteiger partial charge in [-0.05, 0) is 32.4 Å². The summed E-state index contributed by atoms with van der Waals surface area (Å²) in [5, 5.41) is 6.22. The van der Waals surface area contributed by atoms with Crippen LogP contribution in [0, 0.1) is 6.92 Å². The Balaban J connectivity index is 1.77. The number of rotatable bonds is 5. The van der Waals surface area contributed by atoms with E-state index < -0.39 is 21.7 Å². The Morgan fingerprint density at radius 1 is 1.33 bits per heavy atom. The topological polar surface area (TPSA) is 122 Å². The van der Waals surface area contributed by atoms with Crippen LogP contribution in [-0.2, 0) is 9.84 Å². The molecule has 10 heteroatoms. The molecule has 0 aliphatic carbocycles. The van der Waals surface area contributed by atoms with Crippen molar-refractivity contribution in [2.75, 3.05) is 23.4 Å². The summed E-state index contributed by atoms with van der Waals surface area (Å²) in [4.78, 5) is 30.8. The number of aromatic nitrogens is 2. The lowest BCUT2D eigenvalue weighted by atomic mass is 10.2. The lowest BCUT2D eigenvalue weighted by Crippen LogP contribution is -2.41. The van der Waals surface area contributed by atoms with Gasteiger partial charge in [0.1, 0.15) is 17.1 Å². The molecule has 0 spiro atoms. The molecule has 3 heterocycles. The fraction of sp³-hybridized carbons (Fsp3) is 0.412. The smallest absolute Gasteiger partial charge is 0.275 e. The summed E-state index contributed by atoms with van der Waals surface area (Å²) in [6, 6.07) is 5.74. The van der Waals surface area contributed by atoms with E-state index >= 15 is 0 Å². The standard InChI is InChI=1S/C17H20N4O5S/c1-3-21(12-7-8-27(24,25)10-12)17(23)14-6-4-5-13(18-14)16(22)19-15-9-11(2)26-20-15/h4-6,9,12H,3,7-8,10H2,1-2H3,(H,19,20,22). The Kier molecular flexibility index (Phi) is 5.26. The molecule has 2 aromatic rings. The first-order valence-corrected chi connectivity index (χ1v) is 10.3. The molecule has 1 saturated heterocycles. The van der Waals surface area contributed by atoms with Crippen LogP contribution < -0.4 is 5.32 Å². The molecule has 0 radical (unpaired) electrons. The highest BCUT2D eigenvalue weighted by atomic mass is 32.2. The van der Waals surface area contributed by atoms with Crippen LogP contribution in [0.4, 0.5) is 5.82 Å². The van der Waals surface area contributed by atoms with Gasteiger partial charge < -0.3 is 14.7 Å². The number of hydrogen-bond donors (Lipinski definition) is 1. The molecule has 0 aromatic carbocycles. The second-order valence-corrected chi connectivity index (χ2v) is 8.56. The first kappa shape index (κ1) is 19.0. The zero-order valence-corrected chi connectivity index (χ0v) is 15.8. The van der Waals surface area contributed by atoms with Crippen LogP contribution in [0.1, 0.15) is 40.1 Å². The molecule has 1 atom stereocenters. The number of hydrogen-bond acceptors (Lipinski definition) is 7. The third-order valence-corrected chi connectivity index (χ3v) is 6.07. The molecule has 1 N–H and O–H groups in total. The van der Waals surface area contributed by atoms with E-state index in [4.69, 9.17) is 4.52 Å². The van der Waals surface area contributed by atoms with Crippen molar-refractivity contribution in [1.82, 2.24) is 15.0 Å². The number of carbonyl (C=O) groups excluding carboxylic acids is 2. The minimum atomic E-state index is -3.11. The summed E-state index contributed by atoms with van der Waals surface area (Å²) in [5.74, 6) is -0.0853. The molecule has 3 rings (SSSR count). The largest absolute Gasteiger partial charge is 0.360 e. The van der Waals surface area contributed by atoms with Crippen LogP contribution in [0.15, 0.2) is 28.8 Å². The first-order chi connectivity index (χ1) is 12.8. The highest BCUT2D eigenvalue weighted by molar-refractivity contribution is 7.91. The van der Waals surface area contributed by atoms with Gasteiger partial charge in [-0.1, -0.05) is 11.2 Å². The maximum absolute atomic E-state index is 12.8. The average molecular weight is 392 g/mol. The molecule has 27 heavy (non-hydrogen) atoms. The van der Waals surface area contributed by atoms with E-state index in [1.165, 1.54) is 17.0 Å². The minimum Gasteiger partial charge on any atom is -0.360 e. The van der Waals surface area contributed by atoms with Gasteiger partial charge in [0, 0.05) is 18.7 Å². The van der Waals surface area contributed by atoms with Gasteiger partial charge in [0.2, 0.25) is 0 Å². The lowest BCUT2D eigenvalue weighted by molar-refractivity contribution is 0.0702. The van der Waals surface area contributed by atoms with Crippen LogP contribution in [0.25, 0.3) is 0 Å². The Hall–Kier alpha value is -2.75. The summed E-state index contributed by atoms with van der Waals surface area (Å²) in [6.07, 6.45) is 0.410. The van der Waals surface area contributed by atoms with Crippen molar-refractivity contribution in [3.05, 3.63) is 41.4 Å².